The van der Waals surface area contributed by atoms with Gasteiger partial charge in [0.25, 0.3) is 5.89 Å². The molecule has 0 spiro atoms. The van der Waals surface area contributed by atoms with Gasteiger partial charge in [0.2, 0.25) is 11.7 Å². The monoisotopic (exact) mass is 769 g/mol. The topological polar surface area (TPSA) is 174 Å². The van der Waals surface area contributed by atoms with Crippen LogP contribution >= 0.6 is 0 Å². The summed E-state index contributed by atoms with van der Waals surface area (Å²) in [7, 11) is 0. The first-order valence-corrected chi connectivity index (χ1v) is 20.3. The van der Waals surface area contributed by atoms with E-state index < -0.39 is 48.0 Å². The maximum atomic E-state index is 14.6. The molecule has 4 atom stereocenters. The van der Waals surface area contributed by atoms with Crippen LogP contribution in [0.15, 0.2) is 70.7 Å². The lowest BCUT2D eigenvalue weighted by molar-refractivity contribution is -0.139. The van der Waals surface area contributed by atoms with Gasteiger partial charge in [-0.2, -0.15) is 0 Å². The third-order valence-electron chi connectivity index (χ3n) is 11.1. The van der Waals surface area contributed by atoms with Crippen LogP contribution in [0.2, 0.25) is 0 Å². The van der Waals surface area contributed by atoms with Crippen LogP contribution in [0.3, 0.4) is 0 Å². The molecule has 6 rings (SSSR count). The maximum absolute atomic E-state index is 14.6. The maximum Gasteiger partial charge on any atom is 0.410 e. The van der Waals surface area contributed by atoms with Gasteiger partial charge in [-0.15, -0.1) is 0 Å². The zero-order chi connectivity index (χ0) is 39.3. The van der Waals surface area contributed by atoms with E-state index in [2.05, 4.69) is 10.3 Å². The van der Waals surface area contributed by atoms with E-state index in [4.69, 9.17) is 19.6 Å². The smallest absolute Gasteiger partial charge is 0.410 e. The molecule has 2 aliphatic heterocycles. The number of rotatable bonds is 16. The molecule has 1 aliphatic carbocycles. The molecule has 13 nitrogen and oxygen atoms in total. The summed E-state index contributed by atoms with van der Waals surface area (Å²) < 4.78 is 17.3. The number of carbonyl (C=O) groups is 5. The number of allylic oxidation sites excluding steroid dienone is 1. The number of aromatic nitrogens is 1. The third kappa shape index (κ3) is 11.0. The van der Waals surface area contributed by atoms with Gasteiger partial charge in [0.15, 0.2) is 11.4 Å². The minimum atomic E-state index is -1.04. The number of amides is 3. The zero-order valence-corrected chi connectivity index (χ0v) is 32.2. The molecule has 3 aliphatic rings. The fraction of sp³-hybridized carbons (Fsp3) is 0.535. The molecule has 3 amide bonds. The number of nitrogens with one attached hydrogen (secondary N) is 1. The predicted molar refractivity (Wildman–Crippen MR) is 210 cm³/mol. The number of hydrogen-bond donors (Lipinski definition) is 2. The summed E-state index contributed by atoms with van der Waals surface area (Å²) in [4.78, 5) is 77.0. The molecule has 2 aromatic carbocycles. The number of ketones is 2. The number of Topliss-reactive ketones (excluding diaryl/α,β-unsaturated/α-hetero) is 2. The van der Waals surface area contributed by atoms with Crippen molar-refractivity contribution in [2.45, 2.75) is 115 Å². The van der Waals surface area contributed by atoms with Crippen LogP contribution in [-0.4, -0.2) is 88.8 Å². The molecule has 0 bridgehead atoms. The summed E-state index contributed by atoms with van der Waals surface area (Å²) in [5.41, 5.74) is 8.82. The molecule has 1 aromatic heterocycles. The molecule has 3 heterocycles. The van der Waals surface area contributed by atoms with Crippen molar-refractivity contribution in [3.05, 3.63) is 77.7 Å². The van der Waals surface area contributed by atoms with Gasteiger partial charge in [0.05, 0.1) is 12.6 Å². The van der Waals surface area contributed by atoms with E-state index in [1.54, 1.807) is 29.2 Å². The summed E-state index contributed by atoms with van der Waals surface area (Å²) in [5, 5.41) is 2.79. The van der Waals surface area contributed by atoms with Gasteiger partial charge in [0.1, 0.15) is 24.3 Å². The number of oxazole rings is 1. The van der Waals surface area contributed by atoms with E-state index in [-0.39, 0.29) is 44.1 Å². The van der Waals surface area contributed by atoms with Crippen LogP contribution in [0.4, 0.5) is 9.59 Å². The van der Waals surface area contributed by atoms with Crippen LogP contribution in [0, 0.1) is 5.92 Å². The van der Waals surface area contributed by atoms with Gasteiger partial charge in [-0.3, -0.25) is 14.4 Å². The van der Waals surface area contributed by atoms with Crippen molar-refractivity contribution >= 4 is 40.8 Å². The molecule has 56 heavy (non-hydrogen) atoms. The van der Waals surface area contributed by atoms with Crippen molar-refractivity contribution in [2.24, 2.45) is 11.7 Å². The Morgan fingerprint density at radius 1 is 0.929 bits per heavy atom. The average molecular weight is 770 g/mol. The minimum absolute atomic E-state index is 0.0215. The number of para-hydroxylation sites is 2. The molecule has 0 unspecified atom stereocenters. The first-order chi connectivity index (χ1) is 27.3. The second-order valence-corrected chi connectivity index (χ2v) is 15.2. The third-order valence-corrected chi connectivity index (χ3v) is 11.1. The van der Waals surface area contributed by atoms with Gasteiger partial charge < -0.3 is 34.7 Å². The highest BCUT2D eigenvalue weighted by Gasteiger charge is 2.44. The second-order valence-electron chi connectivity index (χ2n) is 15.2. The number of hydrogen-bond acceptors (Lipinski definition) is 10. The zero-order valence-electron chi connectivity index (χ0n) is 32.2. The quantitative estimate of drug-likeness (QED) is 0.0888. The Hall–Kier alpha value is -5.04. The molecule has 0 radical (unpaired) electrons. The standard InChI is InChI=1S/C43H55N5O8/c44-23-11-10-18-32(39(50)40-45-34-19-8-9-20-38(34)56-40)26-37(49)36-27-33(55-43(53)47-24-12-3-13-25-47)28-48(36)41(51)35(22-21-30-14-4-1-5-15-30)46-42(52)54-29-31-16-6-2-7-17-31/h2,6-9,16-17,19-21,32-33,35-36H,1,3-5,10-15,18,22-29,44H2,(H,46,52)/t32-,33-,35-,36+/m1/s1. The van der Waals surface area contributed by atoms with E-state index in [0.717, 1.165) is 56.9 Å². The van der Waals surface area contributed by atoms with E-state index in [1.807, 2.05) is 36.4 Å². The van der Waals surface area contributed by atoms with Crippen LogP contribution in [0.1, 0.15) is 106 Å². The van der Waals surface area contributed by atoms with Gasteiger partial charge in [-0.25, -0.2) is 14.6 Å². The molecule has 2 saturated heterocycles. The molecule has 13 heteroatoms. The first-order valence-electron chi connectivity index (χ1n) is 20.3. The average Bonchev–Trinajstić information content (AvgIpc) is 3.87. The van der Waals surface area contributed by atoms with E-state index in [0.29, 0.717) is 50.0 Å². The summed E-state index contributed by atoms with van der Waals surface area (Å²) in [6, 6.07) is 14.3. The van der Waals surface area contributed by atoms with Crippen molar-refractivity contribution in [3.8, 4) is 0 Å². The molecule has 300 valence electrons. The summed E-state index contributed by atoms with van der Waals surface area (Å²) in [6.07, 6.45) is 9.74. The first kappa shape index (κ1) is 40.6. The van der Waals surface area contributed by atoms with Crippen molar-refractivity contribution in [3.63, 3.8) is 0 Å². The van der Waals surface area contributed by atoms with E-state index in [1.165, 1.54) is 10.5 Å². The van der Waals surface area contributed by atoms with Gasteiger partial charge in [-0.1, -0.05) is 67.0 Å². The Kier molecular flexibility index (Phi) is 14.7. The number of likely N-dealkylation sites (tertiary alicyclic amines) is 2. The largest absolute Gasteiger partial charge is 0.445 e. The van der Waals surface area contributed by atoms with E-state index >= 15 is 0 Å². The Labute approximate surface area is 328 Å². The Balaban J connectivity index is 1.23. The number of carbonyl (C=O) groups excluding carboxylic acids is 5. The molecule has 1 saturated carbocycles. The normalized spacial score (nSPS) is 19.6. The van der Waals surface area contributed by atoms with Crippen LogP contribution in [-0.2, 0) is 25.7 Å². The highest BCUT2D eigenvalue weighted by atomic mass is 16.6. The molecule has 3 N–H and O–H groups in total. The van der Waals surface area contributed by atoms with Gasteiger partial charge >= 0.3 is 12.2 Å². The highest BCUT2D eigenvalue weighted by Crippen LogP contribution is 2.30. The summed E-state index contributed by atoms with van der Waals surface area (Å²) in [6.45, 7) is 1.60. The SMILES string of the molecule is NCCCC[C@H](CC(=O)[C@@H]1C[C@@H](OC(=O)N2CCCCC2)CN1C(=O)[C@@H](CC=C1CCCCC1)NC(=O)OCc1ccccc1)C(=O)c1nc2ccccc2o1. The lowest BCUT2D eigenvalue weighted by atomic mass is 9.89. The molecular weight excluding hydrogens is 714 g/mol. The number of ether oxygens (including phenoxy) is 2. The van der Waals surface area contributed by atoms with Crippen LogP contribution in [0.5, 0.6) is 0 Å². The van der Waals surface area contributed by atoms with Crippen LogP contribution in [0.25, 0.3) is 11.1 Å². The number of fused-ring (bicyclic) bond motifs is 1. The summed E-state index contributed by atoms with van der Waals surface area (Å²) >= 11 is 0. The van der Waals surface area contributed by atoms with Crippen LogP contribution < -0.4 is 11.1 Å². The molecule has 3 aromatic rings. The number of benzene rings is 2. The van der Waals surface area contributed by atoms with Crippen molar-refractivity contribution in [1.82, 2.24) is 20.1 Å². The highest BCUT2D eigenvalue weighted by molar-refractivity contribution is 6.00. The lowest BCUT2D eigenvalue weighted by Crippen LogP contribution is -2.52. The Morgan fingerprint density at radius 2 is 1.66 bits per heavy atom. The van der Waals surface area contributed by atoms with Crippen molar-refractivity contribution in [1.29, 1.82) is 0 Å². The fourth-order valence-corrected chi connectivity index (χ4v) is 7.94. The number of piperidine rings is 1. The predicted octanol–water partition coefficient (Wildman–Crippen LogP) is 6.88. The number of alkyl carbamates (subject to hydrolysis) is 1. The van der Waals surface area contributed by atoms with Gasteiger partial charge in [-0.05, 0) is 88.4 Å². The molecular formula is C43H55N5O8. The van der Waals surface area contributed by atoms with Gasteiger partial charge in [0, 0.05) is 31.8 Å². The fourth-order valence-electron chi connectivity index (χ4n) is 7.94. The number of unbranched alkanes of at least 4 members (excludes halogenated alkanes) is 1. The number of nitrogens with two attached hydrogens (primary N) is 1. The summed E-state index contributed by atoms with van der Waals surface area (Å²) in [5.74, 6) is -2.05. The minimum Gasteiger partial charge on any atom is -0.445 e. The number of nitrogens with zero attached hydrogens (tertiary/aromatic N) is 3. The van der Waals surface area contributed by atoms with Crippen molar-refractivity contribution < 1.29 is 37.9 Å². The Bertz CT molecular complexity index is 1800. The lowest BCUT2D eigenvalue weighted by Gasteiger charge is -2.29. The van der Waals surface area contributed by atoms with Crippen molar-refractivity contribution in [2.75, 3.05) is 26.2 Å². The molecule has 3 fully saturated rings. The Morgan fingerprint density at radius 3 is 2.41 bits per heavy atom. The van der Waals surface area contributed by atoms with E-state index in [9.17, 15) is 24.0 Å². The second kappa shape index (κ2) is 20.2.